The van der Waals surface area contributed by atoms with Crippen molar-refractivity contribution in [2.45, 2.75) is 40.2 Å². The van der Waals surface area contributed by atoms with Gasteiger partial charge in [-0.05, 0) is 55.7 Å². The minimum Gasteiger partial charge on any atom is -0.494 e. The first-order valence-electron chi connectivity index (χ1n) is 9.57. The summed E-state index contributed by atoms with van der Waals surface area (Å²) in [5.41, 5.74) is 4.00. The predicted octanol–water partition coefficient (Wildman–Crippen LogP) is 5.43. The van der Waals surface area contributed by atoms with Gasteiger partial charge in [0.05, 0.1) is 16.8 Å². The van der Waals surface area contributed by atoms with Crippen LogP contribution >= 0.6 is 11.3 Å². The third-order valence-electron chi connectivity index (χ3n) is 4.47. The molecule has 0 saturated heterocycles. The molecule has 0 aliphatic heterocycles. The molecule has 146 valence electrons. The summed E-state index contributed by atoms with van der Waals surface area (Å²) in [6.07, 6.45) is 3.89. The normalized spacial score (nSPS) is 11.8. The van der Waals surface area contributed by atoms with Gasteiger partial charge in [0.25, 0.3) is 5.91 Å². The van der Waals surface area contributed by atoms with Crippen LogP contribution in [0.1, 0.15) is 41.3 Å². The topological polar surface area (TPSA) is 43.6 Å². The molecule has 0 fully saturated rings. The zero-order chi connectivity index (χ0) is 20.1. The van der Waals surface area contributed by atoms with E-state index in [9.17, 15) is 4.79 Å². The zero-order valence-electron chi connectivity index (χ0n) is 16.7. The van der Waals surface area contributed by atoms with Crippen molar-refractivity contribution >= 4 is 27.5 Å². The highest BCUT2D eigenvalue weighted by Crippen LogP contribution is 2.23. The Kier molecular flexibility index (Phi) is 6.47. The highest BCUT2D eigenvalue weighted by Gasteiger charge is 2.11. The van der Waals surface area contributed by atoms with Gasteiger partial charge >= 0.3 is 0 Å². The molecular formula is C23H26N2O2S. The summed E-state index contributed by atoms with van der Waals surface area (Å²) < 4.78 is 8.91. The van der Waals surface area contributed by atoms with Crippen LogP contribution in [0, 0.1) is 13.8 Å². The fourth-order valence-corrected chi connectivity index (χ4v) is 4.20. The second-order valence-corrected chi connectivity index (χ2v) is 7.84. The average molecular weight is 395 g/mol. The van der Waals surface area contributed by atoms with Gasteiger partial charge in [-0.1, -0.05) is 42.9 Å². The summed E-state index contributed by atoms with van der Waals surface area (Å²) in [5.74, 6) is 0.441. The number of hydrogen-bond acceptors (Lipinski definition) is 3. The molecule has 2 aromatic carbocycles. The van der Waals surface area contributed by atoms with E-state index in [1.54, 1.807) is 12.1 Å². The number of aryl methyl sites for hydroxylation is 2. The quantitative estimate of drug-likeness (QED) is 0.396. The number of carbonyl (C=O) groups is 1. The van der Waals surface area contributed by atoms with E-state index in [-0.39, 0.29) is 5.91 Å². The van der Waals surface area contributed by atoms with Crippen molar-refractivity contribution in [1.29, 1.82) is 0 Å². The van der Waals surface area contributed by atoms with Crippen LogP contribution in [0.15, 0.2) is 54.0 Å². The number of nitrogens with zero attached hydrogens (tertiary/aromatic N) is 2. The summed E-state index contributed by atoms with van der Waals surface area (Å²) in [5, 5.41) is 0. The minimum atomic E-state index is -0.264. The molecule has 3 aromatic rings. The Hall–Kier alpha value is -2.66. The standard InChI is InChI=1S/C23H26N2O2S/c1-5-7-12-27-19-10-8-9-18(15-19)22(26)24-23-25(11-6-2)20-14-16(3)13-17(4)21(20)28-23/h6,8-10,13-15H,2,5,7,11-12H2,1,3-4H3. The lowest BCUT2D eigenvalue weighted by Gasteiger charge is -2.06. The number of unbranched alkanes of at least 4 members (excludes halogenated alkanes) is 1. The van der Waals surface area contributed by atoms with Crippen LogP contribution in [0.4, 0.5) is 0 Å². The van der Waals surface area contributed by atoms with E-state index in [1.807, 2.05) is 22.8 Å². The molecule has 0 saturated carbocycles. The molecule has 0 radical (unpaired) electrons. The maximum Gasteiger partial charge on any atom is 0.279 e. The van der Waals surface area contributed by atoms with Crippen molar-refractivity contribution in [1.82, 2.24) is 4.57 Å². The van der Waals surface area contributed by atoms with E-state index in [2.05, 4.69) is 44.5 Å². The van der Waals surface area contributed by atoms with Crippen LogP contribution < -0.4 is 9.54 Å². The Morgan fingerprint density at radius 1 is 1.29 bits per heavy atom. The van der Waals surface area contributed by atoms with Crippen LogP contribution in [0.3, 0.4) is 0 Å². The molecule has 4 nitrogen and oxygen atoms in total. The molecule has 1 aromatic heterocycles. The van der Waals surface area contributed by atoms with Gasteiger partial charge in [0.2, 0.25) is 0 Å². The highest BCUT2D eigenvalue weighted by atomic mass is 32.1. The number of amides is 1. The molecule has 0 bridgehead atoms. The van der Waals surface area contributed by atoms with Gasteiger partial charge in [-0.15, -0.1) is 6.58 Å². The van der Waals surface area contributed by atoms with Crippen molar-refractivity contribution in [3.8, 4) is 5.75 Å². The fraction of sp³-hybridized carbons (Fsp3) is 0.304. The summed E-state index contributed by atoms with van der Waals surface area (Å²) in [6, 6.07) is 11.5. The first-order chi connectivity index (χ1) is 13.5. The molecule has 0 unspecified atom stereocenters. The average Bonchev–Trinajstić information content (AvgIpc) is 3.00. The van der Waals surface area contributed by atoms with Gasteiger partial charge in [0.1, 0.15) is 5.75 Å². The second kappa shape index (κ2) is 9.02. The zero-order valence-corrected chi connectivity index (χ0v) is 17.5. The van der Waals surface area contributed by atoms with Crippen LogP contribution in [0.5, 0.6) is 5.75 Å². The van der Waals surface area contributed by atoms with Crippen molar-refractivity contribution in [2.75, 3.05) is 6.61 Å². The van der Waals surface area contributed by atoms with Crippen LogP contribution in [-0.2, 0) is 6.54 Å². The van der Waals surface area contributed by atoms with Crippen molar-refractivity contribution in [3.05, 3.63) is 70.5 Å². The summed E-state index contributed by atoms with van der Waals surface area (Å²) in [6.45, 7) is 11.4. The number of ether oxygens (including phenoxy) is 1. The molecule has 1 amide bonds. The number of fused-ring (bicyclic) bond motifs is 1. The maximum absolute atomic E-state index is 12.8. The number of aromatic nitrogens is 1. The molecule has 28 heavy (non-hydrogen) atoms. The van der Waals surface area contributed by atoms with E-state index in [0.29, 0.717) is 29.3 Å². The van der Waals surface area contributed by atoms with Gasteiger partial charge in [-0.3, -0.25) is 4.79 Å². The van der Waals surface area contributed by atoms with Crippen LogP contribution in [-0.4, -0.2) is 17.1 Å². The summed E-state index contributed by atoms with van der Waals surface area (Å²) in [4.78, 5) is 17.9. The maximum atomic E-state index is 12.8. The molecule has 1 heterocycles. The summed E-state index contributed by atoms with van der Waals surface area (Å²) >= 11 is 1.54. The molecule has 0 atom stereocenters. The first kappa shape index (κ1) is 20.1. The Labute approximate surface area is 169 Å². The van der Waals surface area contributed by atoms with Gasteiger partial charge in [-0.25, -0.2) is 0 Å². The number of rotatable bonds is 7. The molecule has 0 N–H and O–H groups in total. The number of hydrogen-bond donors (Lipinski definition) is 0. The smallest absolute Gasteiger partial charge is 0.279 e. The Morgan fingerprint density at radius 3 is 2.86 bits per heavy atom. The molecule has 5 heteroatoms. The lowest BCUT2D eigenvalue weighted by molar-refractivity contribution is 0.0997. The number of allylic oxidation sites excluding steroid dienone is 1. The third kappa shape index (κ3) is 4.42. The van der Waals surface area contributed by atoms with E-state index in [0.717, 1.165) is 23.1 Å². The Bertz CT molecular complexity index is 1080. The van der Waals surface area contributed by atoms with Crippen molar-refractivity contribution in [2.24, 2.45) is 4.99 Å². The largest absolute Gasteiger partial charge is 0.494 e. The van der Waals surface area contributed by atoms with Crippen LogP contribution in [0.2, 0.25) is 0 Å². The first-order valence-corrected chi connectivity index (χ1v) is 10.4. The van der Waals surface area contributed by atoms with Crippen molar-refractivity contribution in [3.63, 3.8) is 0 Å². The minimum absolute atomic E-state index is 0.264. The SMILES string of the molecule is C=CCn1c(=NC(=O)c2cccc(OCCCC)c2)sc2c(C)cc(C)cc21. The monoisotopic (exact) mass is 394 g/mol. The highest BCUT2D eigenvalue weighted by molar-refractivity contribution is 7.16. The van der Waals surface area contributed by atoms with Crippen molar-refractivity contribution < 1.29 is 9.53 Å². The lowest BCUT2D eigenvalue weighted by atomic mass is 10.1. The van der Waals surface area contributed by atoms with Crippen LogP contribution in [0.25, 0.3) is 10.2 Å². The molecule has 0 spiro atoms. The number of thiazole rings is 1. The predicted molar refractivity (Wildman–Crippen MR) is 116 cm³/mol. The van der Waals surface area contributed by atoms with E-state index >= 15 is 0 Å². The molecule has 0 aliphatic rings. The number of carbonyl (C=O) groups excluding carboxylic acids is 1. The summed E-state index contributed by atoms with van der Waals surface area (Å²) in [7, 11) is 0. The number of benzene rings is 2. The van der Waals surface area contributed by atoms with E-state index in [4.69, 9.17) is 4.74 Å². The molecule has 0 aliphatic carbocycles. The molecule has 3 rings (SSSR count). The van der Waals surface area contributed by atoms with Gasteiger partial charge in [-0.2, -0.15) is 4.99 Å². The van der Waals surface area contributed by atoms with Gasteiger partial charge in [0, 0.05) is 12.1 Å². The van der Waals surface area contributed by atoms with Gasteiger partial charge in [0.15, 0.2) is 4.80 Å². The Balaban J connectivity index is 2.01. The third-order valence-corrected chi connectivity index (χ3v) is 5.70. The van der Waals surface area contributed by atoms with Gasteiger partial charge < -0.3 is 9.30 Å². The Morgan fingerprint density at radius 2 is 2.11 bits per heavy atom. The van der Waals surface area contributed by atoms with E-state index in [1.165, 1.54) is 22.5 Å². The fourth-order valence-electron chi connectivity index (χ4n) is 3.11. The lowest BCUT2D eigenvalue weighted by Crippen LogP contribution is -2.16. The second-order valence-electron chi connectivity index (χ2n) is 6.86. The van der Waals surface area contributed by atoms with E-state index < -0.39 is 0 Å². The molecular weight excluding hydrogens is 368 g/mol.